The van der Waals surface area contributed by atoms with E-state index >= 15 is 0 Å². The molecule has 0 aliphatic heterocycles. The van der Waals surface area contributed by atoms with Crippen molar-refractivity contribution >= 4 is 5.97 Å². The van der Waals surface area contributed by atoms with Crippen LogP contribution in [0.2, 0.25) is 0 Å². The molecule has 0 amide bonds. The van der Waals surface area contributed by atoms with E-state index in [2.05, 4.69) is 23.1 Å². The predicted molar refractivity (Wildman–Crippen MR) is 57.1 cm³/mol. The van der Waals surface area contributed by atoms with Crippen molar-refractivity contribution in [2.75, 3.05) is 0 Å². The Morgan fingerprint density at radius 1 is 1.73 bits per heavy atom. The van der Waals surface area contributed by atoms with Crippen LogP contribution in [0.15, 0.2) is 31.1 Å². The summed E-state index contributed by atoms with van der Waals surface area (Å²) >= 11 is 0. The second kappa shape index (κ2) is 5.14. The molecule has 4 nitrogen and oxygen atoms in total. The first kappa shape index (κ1) is 11.2. The normalized spacial score (nSPS) is 9.67. The molecule has 0 saturated heterocycles. The van der Waals surface area contributed by atoms with Gasteiger partial charge in [-0.25, -0.2) is 9.78 Å². The van der Waals surface area contributed by atoms with Crippen molar-refractivity contribution in [3.05, 3.63) is 42.5 Å². The lowest BCUT2D eigenvalue weighted by Gasteiger charge is -2.03. The van der Waals surface area contributed by atoms with Crippen LogP contribution >= 0.6 is 0 Å². The molecule has 80 valence electrons. The maximum atomic E-state index is 11.1. The molecule has 0 spiro atoms. The smallest absolute Gasteiger partial charge is 0.333 e. The highest BCUT2D eigenvalue weighted by atomic mass is 16.5. The molecule has 0 unspecified atom stereocenters. The van der Waals surface area contributed by atoms with Crippen molar-refractivity contribution in [1.29, 1.82) is 0 Å². The van der Waals surface area contributed by atoms with Gasteiger partial charge in [0.15, 0.2) is 0 Å². The molecule has 1 N–H and O–H groups in total. The van der Waals surface area contributed by atoms with Crippen LogP contribution in [-0.2, 0) is 22.6 Å². The monoisotopic (exact) mass is 206 g/mol. The van der Waals surface area contributed by atoms with Crippen LogP contribution in [0.1, 0.15) is 18.3 Å². The van der Waals surface area contributed by atoms with E-state index in [1.54, 1.807) is 19.3 Å². The van der Waals surface area contributed by atoms with Gasteiger partial charge in [-0.2, -0.15) is 0 Å². The molecule has 0 aliphatic carbocycles. The van der Waals surface area contributed by atoms with Crippen LogP contribution in [0.25, 0.3) is 0 Å². The van der Waals surface area contributed by atoms with Crippen LogP contribution in [-0.4, -0.2) is 15.9 Å². The van der Waals surface area contributed by atoms with Gasteiger partial charge in [0.05, 0.1) is 17.7 Å². The number of aromatic nitrogens is 2. The molecular weight excluding hydrogens is 192 g/mol. The Bertz CT molecular complexity index is 380. The summed E-state index contributed by atoms with van der Waals surface area (Å²) in [7, 11) is 0. The molecule has 0 bridgehead atoms. The van der Waals surface area contributed by atoms with E-state index in [4.69, 9.17) is 4.74 Å². The number of imidazole rings is 1. The minimum Gasteiger partial charge on any atom is -0.456 e. The fourth-order valence-electron chi connectivity index (χ4n) is 1.05. The Morgan fingerprint density at radius 2 is 2.47 bits per heavy atom. The summed E-state index contributed by atoms with van der Waals surface area (Å²) in [5.41, 5.74) is 2.03. The van der Waals surface area contributed by atoms with Crippen LogP contribution < -0.4 is 0 Å². The first-order valence-electron chi connectivity index (χ1n) is 4.59. The molecule has 4 heteroatoms. The summed E-state index contributed by atoms with van der Waals surface area (Å²) in [5.74, 6) is -0.394. The third-order valence-corrected chi connectivity index (χ3v) is 1.84. The molecule has 0 saturated carbocycles. The van der Waals surface area contributed by atoms with Crippen molar-refractivity contribution in [3.8, 4) is 0 Å². The number of aromatic amines is 1. The number of hydrogen-bond acceptors (Lipinski definition) is 3. The number of allylic oxidation sites excluding steroid dienone is 1. The third-order valence-electron chi connectivity index (χ3n) is 1.84. The van der Waals surface area contributed by atoms with Gasteiger partial charge >= 0.3 is 5.97 Å². The largest absolute Gasteiger partial charge is 0.456 e. The van der Waals surface area contributed by atoms with Gasteiger partial charge in [0.1, 0.15) is 6.61 Å². The molecule has 0 atom stereocenters. The number of esters is 1. The molecule has 0 aromatic carbocycles. The fraction of sp³-hybridized carbons (Fsp3) is 0.273. The maximum absolute atomic E-state index is 11.1. The van der Waals surface area contributed by atoms with Gasteiger partial charge in [0, 0.05) is 12.0 Å². The Morgan fingerprint density at radius 3 is 3.07 bits per heavy atom. The van der Waals surface area contributed by atoms with Crippen LogP contribution in [0.3, 0.4) is 0 Å². The van der Waals surface area contributed by atoms with E-state index in [0.29, 0.717) is 12.0 Å². The molecule has 1 heterocycles. The summed E-state index contributed by atoms with van der Waals surface area (Å²) in [6.45, 7) is 8.92. The van der Waals surface area contributed by atoms with Gasteiger partial charge in [0.2, 0.25) is 0 Å². The standard InChI is InChI=1S/C11H14N2O2/c1-4-5-9-10(13-7-12-9)6-15-11(14)8(2)3/h4,7H,1-2,5-6H2,3H3,(H,12,13). The highest BCUT2D eigenvalue weighted by molar-refractivity contribution is 5.86. The quantitative estimate of drug-likeness (QED) is 0.453. The summed E-state index contributed by atoms with van der Waals surface area (Å²) < 4.78 is 4.99. The summed E-state index contributed by atoms with van der Waals surface area (Å²) in [5, 5.41) is 0. The Hall–Kier alpha value is -1.84. The number of nitrogens with one attached hydrogen (secondary N) is 1. The molecule has 1 rings (SSSR count). The second-order valence-electron chi connectivity index (χ2n) is 3.18. The first-order valence-corrected chi connectivity index (χ1v) is 4.59. The maximum Gasteiger partial charge on any atom is 0.333 e. The lowest BCUT2D eigenvalue weighted by atomic mass is 10.2. The van der Waals surface area contributed by atoms with Crippen LogP contribution in [0.5, 0.6) is 0 Å². The number of carbonyl (C=O) groups is 1. The highest BCUT2D eigenvalue weighted by Crippen LogP contribution is 2.07. The van der Waals surface area contributed by atoms with Crippen molar-refractivity contribution in [1.82, 2.24) is 9.97 Å². The number of hydrogen-bond donors (Lipinski definition) is 1. The van der Waals surface area contributed by atoms with Crippen molar-refractivity contribution in [2.45, 2.75) is 20.0 Å². The number of carbonyl (C=O) groups excluding carboxylic acids is 1. The average Bonchev–Trinajstić information content (AvgIpc) is 2.62. The molecule has 15 heavy (non-hydrogen) atoms. The Labute approximate surface area is 88.7 Å². The van der Waals surface area contributed by atoms with E-state index < -0.39 is 5.97 Å². The Balaban J connectivity index is 2.57. The molecule has 0 fully saturated rings. The summed E-state index contributed by atoms with van der Waals surface area (Å²) in [4.78, 5) is 18.1. The SMILES string of the molecule is C=CCc1nc[nH]c1COC(=O)C(=C)C. The second-order valence-corrected chi connectivity index (χ2v) is 3.18. The molecule has 0 radical (unpaired) electrons. The topological polar surface area (TPSA) is 55.0 Å². The number of nitrogens with zero attached hydrogens (tertiary/aromatic N) is 1. The minimum atomic E-state index is -0.394. The van der Waals surface area contributed by atoms with Crippen molar-refractivity contribution in [3.63, 3.8) is 0 Å². The highest BCUT2D eigenvalue weighted by Gasteiger charge is 2.08. The van der Waals surface area contributed by atoms with Gasteiger partial charge in [-0.1, -0.05) is 12.7 Å². The van der Waals surface area contributed by atoms with E-state index in [9.17, 15) is 4.79 Å². The number of rotatable bonds is 5. The van der Waals surface area contributed by atoms with Gasteiger partial charge in [-0.05, 0) is 6.92 Å². The number of H-pyrrole nitrogens is 1. The van der Waals surface area contributed by atoms with E-state index in [1.807, 2.05) is 0 Å². The molecule has 1 aromatic heterocycles. The zero-order valence-corrected chi connectivity index (χ0v) is 8.75. The predicted octanol–water partition coefficient (Wildman–Crippen LogP) is 1.76. The van der Waals surface area contributed by atoms with Crippen LogP contribution in [0, 0.1) is 0 Å². The Kier molecular flexibility index (Phi) is 3.85. The third kappa shape index (κ3) is 3.09. The van der Waals surface area contributed by atoms with Crippen LogP contribution in [0.4, 0.5) is 0 Å². The van der Waals surface area contributed by atoms with Gasteiger partial charge < -0.3 is 9.72 Å². The fourth-order valence-corrected chi connectivity index (χ4v) is 1.05. The van der Waals surface area contributed by atoms with Crippen molar-refractivity contribution in [2.24, 2.45) is 0 Å². The number of ether oxygens (including phenoxy) is 1. The van der Waals surface area contributed by atoms with Crippen molar-refractivity contribution < 1.29 is 9.53 Å². The lowest BCUT2D eigenvalue weighted by Crippen LogP contribution is -2.06. The van der Waals surface area contributed by atoms with Gasteiger partial charge in [-0.3, -0.25) is 0 Å². The van der Waals surface area contributed by atoms with Gasteiger partial charge in [-0.15, -0.1) is 6.58 Å². The summed E-state index contributed by atoms with van der Waals surface area (Å²) in [6, 6.07) is 0. The zero-order valence-electron chi connectivity index (χ0n) is 8.75. The van der Waals surface area contributed by atoms with E-state index in [-0.39, 0.29) is 6.61 Å². The zero-order chi connectivity index (χ0) is 11.3. The first-order chi connectivity index (χ1) is 7.15. The van der Waals surface area contributed by atoms with Gasteiger partial charge in [0.25, 0.3) is 0 Å². The molecule has 1 aromatic rings. The minimum absolute atomic E-state index is 0.189. The van der Waals surface area contributed by atoms with E-state index in [1.165, 1.54) is 0 Å². The molecule has 0 aliphatic rings. The summed E-state index contributed by atoms with van der Waals surface area (Å²) in [6.07, 6.45) is 3.98. The lowest BCUT2D eigenvalue weighted by molar-refractivity contribution is -0.140. The molecular formula is C11H14N2O2. The average molecular weight is 206 g/mol. The van der Waals surface area contributed by atoms with E-state index in [0.717, 1.165) is 11.4 Å².